The van der Waals surface area contributed by atoms with Gasteiger partial charge in [-0.25, -0.2) is 0 Å². The summed E-state index contributed by atoms with van der Waals surface area (Å²) in [4.78, 5) is 0. The van der Waals surface area contributed by atoms with Crippen molar-refractivity contribution in [2.75, 3.05) is 14.2 Å². The van der Waals surface area contributed by atoms with Gasteiger partial charge >= 0.3 is 0 Å². The van der Waals surface area contributed by atoms with Gasteiger partial charge in [0.2, 0.25) is 0 Å². The van der Waals surface area contributed by atoms with Crippen LogP contribution in [0.25, 0.3) is 0 Å². The molecule has 1 aliphatic carbocycles. The molecule has 0 aliphatic heterocycles. The average molecular weight is 275 g/mol. The second kappa shape index (κ2) is 5.40. The highest BCUT2D eigenvalue weighted by atomic mass is 16.5. The molecule has 0 saturated heterocycles. The summed E-state index contributed by atoms with van der Waals surface area (Å²) in [5, 5.41) is 3.54. The van der Waals surface area contributed by atoms with Gasteiger partial charge in [0.25, 0.3) is 0 Å². The highest BCUT2D eigenvalue weighted by molar-refractivity contribution is 5.27. The van der Waals surface area contributed by atoms with Gasteiger partial charge in [-0.2, -0.15) is 0 Å². The van der Waals surface area contributed by atoms with E-state index in [9.17, 15) is 0 Å². The van der Waals surface area contributed by atoms with Crippen molar-refractivity contribution in [1.82, 2.24) is 5.32 Å². The third-order valence-corrected chi connectivity index (χ3v) is 5.81. The molecule has 0 radical (unpaired) electrons. The fourth-order valence-corrected chi connectivity index (χ4v) is 3.85. The zero-order valence-corrected chi connectivity index (χ0v) is 13.8. The van der Waals surface area contributed by atoms with Crippen molar-refractivity contribution in [3.63, 3.8) is 0 Å². The highest BCUT2D eigenvalue weighted by Crippen LogP contribution is 2.69. The summed E-state index contributed by atoms with van der Waals surface area (Å²) in [6.07, 6.45) is 2.32. The molecule has 1 aromatic rings. The van der Waals surface area contributed by atoms with Crippen LogP contribution in [0.15, 0.2) is 24.3 Å². The predicted molar refractivity (Wildman–Crippen MR) is 85.2 cm³/mol. The molecule has 0 amide bonds. The first-order chi connectivity index (χ1) is 9.34. The Bertz CT molecular complexity index is 433. The van der Waals surface area contributed by atoms with Gasteiger partial charge in [-0.3, -0.25) is 0 Å². The fraction of sp³-hybridized carbons (Fsp3) is 0.667. The lowest BCUT2D eigenvalue weighted by Gasteiger charge is -2.18. The molecule has 0 heterocycles. The van der Waals surface area contributed by atoms with Crippen LogP contribution in [0.1, 0.15) is 39.7 Å². The number of aryl methyl sites for hydroxylation is 1. The first kappa shape index (κ1) is 15.4. The number of hydrogen-bond acceptors (Lipinski definition) is 2. The van der Waals surface area contributed by atoms with Crippen LogP contribution in [0, 0.1) is 16.7 Å². The molecule has 1 aromatic carbocycles. The van der Waals surface area contributed by atoms with Crippen LogP contribution in [0.2, 0.25) is 0 Å². The quantitative estimate of drug-likeness (QED) is 0.850. The Balaban J connectivity index is 1.95. The number of ether oxygens (including phenoxy) is 1. The van der Waals surface area contributed by atoms with Crippen molar-refractivity contribution >= 4 is 0 Å². The molecule has 1 fully saturated rings. The standard InChI is InChI=1S/C18H29NO/c1-17(2)16(18(17,3)4)15(19-5)12-9-13-7-10-14(20-6)11-8-13/h7-8,10-11,15-16,19H,9,12H2,1-6H3. The first-order valence-corrected chi connectivity index (χ1v) is 7.64. The summed E-state index contributed by atoms with van der Waals surface area (Å²) in [7, 11) is 3.81. The molecular formula is C18H29NO. The van der Waals surface area contributed by atoms with Gasteiger partial charge in [-0.05, 0) is 54.3 Å². The molecule has 1 unspecified atom stereocenters. The van der Waals surface area contributed by atoms with Gasteiger partial charge in [-0.15, -0.1) is 0 Å². The Kier molecular flexibility index (Phi) is 4.15. The van der Waals surface area contributed by atoms with E-state index in [0.717, 1.165) is 18.1 Å². The van der Waals surface area contributed by atoms with Crippen LogP contribution in [-0.2, 0) is 6.42 Å². The van der Waals surface area contributed by atoms with Crippen molar-refractivity contribution in [3.8, 4) is 5.75 Å². The van der Waals surface area contributed by atoms with E-state index < -0.39 is 0 Å². The molecule has 0 bridgehead atoms. The van der Waals surface area contributed by atoms with E-state index in [4.69, 9.17) is 4.74 Å². The number of hydrogen-bond donors (Lipinski definition) is 1. The Morgan fingerprint density at radius 2 is 1.65 bits per heavy atom. The van der Waals surface area contributed by atoms with Crippen LogP contribution in [-0.4, -0.2) is 20.2 Å². The van der Waals surface area contributed by atoms with Gasteiger partial charge in [0.15, 0.2) is 0 Å². The Morgan fingerprint density at radius 1 is 1.10 bits per heavy atom. The lowest BCUT2D eigenvalue weighted by Crippen LogP contribution is -2.30. The summed E-state index contributed by atoms with van der Waals surface area (Å²) < 4.78 is 5.21. The molecule has 20 heavy (non-hydrogen) atoms. The molecule has 1 aliphatic rings. The minimum absolute atomic E-state index is 0.445. The Morgan fingerprint density at radius 3 is 2.05 bits per heavy atom. The highest BCUT2D eigenvalue weighted by Gasteiger charge is 2.66. The molecule has 1 atom stereocenters. The van der Waals surface area contributed by atoms with Gasteiger partial charge in [0.05, 0.1) is 7.11 Å². The van der Waals surface area contributed by atoms with Crippen LogP contribution < -0.4 is 10.1 Å². The largest absolute Gasteiger partial charge is 0.497 e. The smallest absolute Gasteiger partial charge is 0.118 e. The van der Waals surface area contributed by atoms with Gasteiger partial charge in [-0.1, -0.05) is 39.8 Å². The van der Waals surface area contributed by atoms with Crippen LogP contribution in [0.3, 0.4) is 0 Å². The number of methoxy groups -OCH3 is 1. The molecule has 0 spiro atoms. The maximum absolute atomic E-state index is 5.21. The summed E-state index contributed by atoms with van der Waals surface area (Å²) in [6.45, 7) is 9.59. The molecule has 1 N–H and O–H groups in total. The van der Waals surface area contributed by atoms with Crippen molar-refractivity contribution in [3.05, 3.63) is 29.8 Å². The normalized spacial score (nSPS) is 21.5. The average Bonchev–Trinajstić information content (AvgIpc) is 2.83. The summed E-state index contributed by atoms with van der Waals surface area (Å²) in [5.74, 6) is 1.70. The van der Waals surface area contributed by atoms with E-state index in [1.54, 1.807) is 7.11 Å². The topological polar surface area (TPSA) is 21.3 Å². The second-order valence-corrected chi connectivity index (χ2v) is 7.20. The lowest BCUT2D eigenvalue weighted by molar-refractivity contribution is 0.400. The van der Waals surface area contributed by atoms with Crippen molar-refractivity contribution in [2.24, 2.45) is 16.7 Å². The van der Waals surface area contributed by atoms with Gasteiger partial charge in [0.1, 0.15) is 5.75 Å². The number of nitrogens with one attached hydrogen (secondary N) is 1. The maximum atomic E-state index is 5.21. The maximum Gasteiger partial charge on any atom is 0.118 e. The third-order valence-electron chi connectivity index (χ3n) is 5.81. The number of rotatable bonds is 6. The Hall–Kier alpha value is -1.02. The van der Waals surface area contributed by atoms with E-state index in [1.165, 1.54) is 12.0 Å². The SMILES string of the molecule is CNC(CCc1ccc(OC)cc1)C1C(C)(C)C1(C)C. The molecule has 112 valence electrons. The van der Waals surface area contributed by atoms with Gasteiger partial charge in [0, 0.05) is 6.04 Å². The van der Waals surface area contributed by atoms with Crippen LogP contribution in [0.5, 0.6) is 5.75 Å². The monoisotopic (exact) mass is 275 g/mol. The zero-order valence-electron chi connectivity index (χ0n) is 13.8. The minimum Gasteiger partial charge on any atom is -0.497 e. The summed E-state index contributed by atoms with van der Waals surface area (Å²) in [6, 6.07) is 9.05. The van der Waals surface area contributed by atoms with E-state index in [0.29, 0.717) is 16.9 Å². The molecule has 2 rings (SSSR count). The van der Waals surface area contributed by atoms with Crippen LogP contribution in [0.4, 0.5) is 0 Å². The fourth-order valence-electron chi connectivity index (χ4n) is 3.85. The molecule has 1 saturated carbocycles. The molecule has 2 nitrogen and oxygen atoms in total. The lowest BCUT2D eigenvalue weighted by atomic mass is 9.97. The van der Waals surface area contributed by atoms with Gasteiger partial charge < -0.3 is 10.1 Å². The third kappa shape index (κ3) is 2.58. The number of benzene rings is 1. The first-order valence-electron chi connectivity index (χ1n) is 7.64. The van der Waals surface area contributed by atoms with E-state index in [-0.39, 0.29) is 0 Å². The van der Waals surface area contributed by atoms with E-state index in [2.05, 4.69) is 64.3 Å². The van der Waals surface area contributed by atoms with Crippen molar-refractivity contribution in [1.29, 1.82) is 0 Å². The second-order valence-electron chi connectivity index (χ2n) is 7.20. The van der Waals surface area contributed by atoms with Crippen molar-refractivity contribution in [2.45, 2.75) is 46.6 Å². The Labute approximate surface area is 123 Å². The van der Waals surface area contributed by atoms with Crippen LogP contribution >= 0.6 is 0 Å². The minimum atomic E-state index is 0.445. The molecule has 0 aromatic heterocycles. The summed E-state index contributed by atoms with van der Waals surface area (Å²) >= 11 is 0. The summed E-state index contributed by atoms with van der Waals surface area (Å²) in [5.41, 5.74) is 2.28. The zero-order chi connectivity index (χ0) is 15.0. The van der Waals surface area contributed by atoms with E-state index in [1.807, 2.05) is 0 Å². The van der Waals surface area contributed by atoms with E-state index >= 15 is 0 Å². The molecule has 2 heteroatoms. The molecular weight excluding hydrogens is 246 g/mol. The predicted octanol–water partition coefficient (Wildman–Crippen LogP) is 3.90. The van der Waals surface area contributed by atoms with Crippen molar-refractivity contribution < 1.29 is 4.74 Å².